The predicted octanol–water partition coefficient (Wildman–Crippen LogP) is 5.22. The molecule has 3 aromatic rings. The van der Waals surface area contributed by atoms with Gasteiger partial charge < -0.3 is 9.73 Å². The molecule has 0 saturated carbocycles. The Morgan fingerprint density at radius 2 is 2.04 bits per heavy atom. The minimum absolute atomic E-state index is 0.155. The molecule has 0 aliphatic heterocycles. The number of aromatic nitrogens is 2. The van der Waals surface area contributed by atoms with Crippen LogP contribution in [-0.2, 0) is 19.4 Å². The summed E-state index contributed by atoms with van der Waals surface area (Å²) in [6.07, 6.45) is 3.84. The van der Waals surface area contributed by atoms with Gasteiger partial charge >= 0.3 is 0 Å². The third-order valence-corrected chi connectivity index (χ3v) is 4.99. The Labute approximate surface area is 168 Å². The smallest absolute Gasteiger partial charge is 0.255 e. The van der Waals surface area contributed by atoms with E-state index in [9.17, 15) is 4.79 Å². The minimum Gasteiger partial charge on any atom is -0.467 e. The quantitative estimate of drug-likeness (QED) is 0.586. The van der Waals surface area contributed by atoms with E-state index in [4.69, 9.17) is 32.7 Å². The van der Waals surface area contributed by atoms with Crippen molar-refractivity contribution < 1.29 is 9.21 Å². The van der Waals surface area contributed by atoms with Crippen LogP contribution in [0.25, 0.3) is 5.69 Å². The fraction of sp³-hybridized carbons (Fsp3) is 0.300. The number of carbonyl (C=O) groups is 1. The highest BCUT2D eigenvalue weighted by Crippen LogP contribution is 2.27. The number of hydrogen-bond acceptors (Lipinski definition) is 3. The number of benzene rings is 1. The van der Waals surface area contributed by atoms with Crippen LogP contribution in [0.4, 0.5) is 0 Å². The number of nitrogens with zero attached hydrogens (tertiary/aromatic N) is 2. The molecule has 0 fully saturated rings. The number of nitrogens with one attached hydrogen (secondary N) is 1. The second-order valence-corrected chi connectivity index (χ2v) is 6.96. The summed E-state index contributed by atoms with van der Waals surface area (Å²) in [5.41, 5.74) is 3.02. The molecule has 5 nitrogen and oxygen atoms in total. The van der Waals surface area contributed by atoms with E-state index in [-0.39, 0.29) is 5.91 Å². The van der Waals surface area contributed by atoms with Gasteiger partial charge in [-0.25, -0.2) is 4.68 Å². The molecule has 1 amide bonds. The number of halogens is 2. The standard InChI is InChI=1S/C20H21Cl2N3O2/c1-3-6-17-19(20(26)23-12-14-7-5-10-27-14)18(4-2)25(24-17)13-8-9-15(21)16(22)11-13/h5,7-11H,3-4,6,12H2,1-2H3,(H,23,26). The predicted molar refractivity (Wildman–Crippen MR) is 107 cm³/mol. The van der Waals surface area contributed by atoms with Gasteiger partial charge in [0, 0.05) is 0 Å². The fourth-order valence-corrected chi connectivity index (χ4v) is 3.30. The lowest BCUT2D eigenvalue weighted by Gasteiger charge is -2.09. The molecule has 1 N–H and O–H groups in total. The van der Waals surface area contributed by atoms with Crippen LogP contribution in [0.3, 0.4) is 0 Å². The molecule has 0 radical (unpaired) electrons. The van der Waals surface area contributed by atoms with E-state index in [1.165, 1.54) is 0 Å². The highest BCUT2D eigenvalue weighted by molar-refractivity contribution is 6.42. The Hall–Kier alpha value is -2.24. The summed E-state index contributed by atoms with van der Waals surface area (Å²) in [5, 5.41) is 8.57. The zero-order valence-electron chi connectivity index (χ0n) is 15.3. The Morgan fingerprint density at radius 1 is 1.22 bits per heavy atom. The Morgan fingerprint density at radius 3 is 2.67 bits per heavy atom. The van der Waals surface area contributed by atoms with Gasteiger partial charge in [0.2, 0.25) is 0 Å². The second kappa shape index (κ2) is 8.63. The monoisotopic (exact) mass is 405 g/mol. The van der Waals surface area contributed by atoms with Crippen LogP contribution in [0, 0.1) is 0 Å². The van der Waals surface area contributed by atoms with Gasteiger partial charge in [-0.05, 0) is 43.2 Å². The SMILES string of the molecule is CCCc1nn(-c2ccc(Cl)c(Cl)c2)c(CC)c1C(=O)NCc1ccco1. The lowest BCUT2D eigenvalue weighted by atomic mass is 10.1. The highest BCUT2D eigenvalue weighted by Gasteiger charge is 2.23. The van der Waals surface area contributed by atoms with E-state index in [0.717, 1.165) is 23.5 Å². The maximum absolute atomic E-state index is 12.9. The van der Waals surface area contributed by atoms with Crippen LogP contribution in [0.15, 0.2) is 41.0 Å². The van der Waals surface area contributed by atoms with Gasteiger partial charge in [-0.3, -0.25) is 4.79 Å². The number of aryl methyl sites for hydroxylation is 1. The van der Waals surface area contributed by atoms with Crippen LogP contribution in [0.5, 0.6) is 0 Å². The first-order valence-electron chi connectivity index (χ1n) is 8.91. The van der Waals surface area contributed by atoms with Gasteiger partial charge in [-0.1, -0.05) is 43.5 Å². The van der Waals surface area contributed by atoms with E-state index in [0.29, 0.717) is 40.8 Å². The second-order valence-electron chi connectivity index (χ2n) is 6.14. The van der Waals surface area contributed by atoms with Crippen LogP contribution in [-0.4, -0.2) is 15.7 Å². The van der Waals surface area contributed by atoms with Crippen LogP contribution >= 0.6 is 23.2 Å². The number of rotatable bonds is 7. The molecule has 7 heteroatoms. The van der Waals surface area contributed by atoms with E-state index < -0.39 is 0 Å². The summed E-state index contributed by atoms with van der Waals surface area (Å²) in [4.78, 5) is 12.9. The van der Waals surface area contributed by atoms with Crippen molar-refractivity contribution in [2.75, 3.05) is 0 Å². The van der Waals surface area contributed by atoms with Crippen molar-refractivity contribution >= 4 is 29.1 Å². The maximum Gasteiger partial charge on any atom is 0.255 e. The molecule has 0 saturated heterocycles. The summed E-state index contributed by atoms with van der Waals surface area (Å²) in [7, 11) is 0. The average Bonchev–Trinajstić information content (AvgIpc) is 3.30. The summed E-state index contributed by atoms with van der Waals surface area (Å²) in [6, 6.07) is 8.96. The van der Waals surface area contributed by atoms with Crippen molar-refractivity contribution in [3.63, 3.8) is 0 Å². The third-order valence-electron chi connectivity index (χ3n) is 4.25. The third kappa shape index (κ3) is 4.20. The Kier molecular flexibility index (Phi) is 6.24. The number of hydrogen-bond donors (Lipinski definition) is 1. The summed E-state index contributed by atoms with van der Waals surface area (Å²) in [5.74, 6) is 0.549. The average molecular weight is 406 g/mol. The van der Waals surface area contributed by atoms with Crippen molar-refractivity contribution in [3.05, 3.63) is 69.4 Å². The van der Waals surface area contributed by atoms with E-state index >= 15 is 0 Å². The van der Waals surface area contributed by atoms with Crippen LogP contribution < -0.4 is 5.32 Å². The molecule has 0 atom stereocenters. The zero-order chi connectivity index (χ0) is 19.4. The molecular weight excluding hydrogens is 385 g/mol. The Balaban J connectivity index is 1.99. The molecule has 142 valence electrons. The van der Waals surface area contributed by atoms with Crippen molar-refractivity contribution in [1.29, 1.82) is 0 Å². The van der Waals surface area contributed by atoms with Gasteiger partial charge in [0.15, 0.2) is 0 Å². The molecule has 27 heavy (non-hydrogen) atoms. The fourth-order valence-electron chi connectivity index (χ4n) is 3.00. The van der Waals surface area contributed by atoms with Crippen LogP contribution in [0.1, 0.15) is 47.8 Å². The van der Waals surface area contributed by atoms with E-state index in [1.807, 2.05) is 19.1 Å². The van der Waals surface area contributed by atoms with Crippen molar-refractivity contribution in [2.24, 2.45) is 0 Å². The van der Waals surface area contributed by atoms with E-state index in [1.54, 1.807) is 29.1 Å². The maximum atomic E-state index is 12.9. The van der Waals surface area contributed by atoms with Gasteiger partial charge in [0.1, 0.15) is 5.76 Å². The lowest BCUT2D eigenvalue weighted by Crippen LogP contribution is -2.24. The number of amides is 1. The minimum atomic E-state index is -0.155. The molecule has 2 aromatic heterocycles. The number of furan rings is 1. The lowest BCUT2D eigenvalue weighted by molar-refractivity contribution is 0.0946. The first-order chi connectivity index (χ1) is 13.0. The normalized spacial score (nSPS) is 11.0. The molecule has 0 bridgehead atoms. The largest absolute Gasteiger partial charge is 0.467 e. The summed E-state index contributed by atoms with van der Waals surface area (Å²) < 4.78 is 7.08. The zero-order valence-corrected chi connectivity index (χ0v) is 16.8. The van der Waals surface area contributed by atoms with Crippen molar-refractivity contribution in [1.82, 2.24) is 15.1 Å². The first-order valence-corrected chi connectivity index (χ1v) is 9.67. The molecule has 0 aliphatic carbocycles. The first kappa shape index (κ1) is 19.5. The summed E-state index contributed by atoms with van der Waals surface area (Å²) in [6.45, 7) is 4.40. The summed E-state index contributed by atoms with van der Waals surface area (Å²) >= 11 is 12.2. The van der Waals surface area contributed by atoms with Gasteiger partial charge in [0.25, 0.3) is 5.91 Å². The van der Waals surface area contributed by atoms with Gasteiger partial charge in [0.05, 0.1) is 45.5 Å². The molecule has 0 aliphatic rings. The molecule has 0 unspecified atom stereocenters. The highest BCUT2D eigenvalue weighted by atomic mass is 35.5. The molecule has 2 heterocycles. The molecule has 0 spiro atoms. The number of carbonyl (C=O) groups excluding carboxylic acids is 1. The topological polar surface area (TPSA) is 60.1 Å². The van der Waals surface area contributed by atoms with Crippen molar-refractivity contribution in [3.8, 4) is 5.69 Å². The Bertz CT molecular complexity index is 933. The molecule has 3 rings (SSSR count). The van der Waals surface area contributed by atoms with Gasteiger partial charge in [-0.15, -0.1) is 0 Å². The molecular formula is C20H21Cl2N3O2. The van der Waals surface area contributed by atoms with Crippen LogP contribution in [0.2, 0.25) is 10.0 Å². The van der Waals surface area contributed by atoms with Crippen molar-refractivity contribution in [2.45, 2.75) is 39.7 Å². The van der Waals surface area contributed by atoms with Gasteiger partial charge in [-0.2, -0.15) is 5.10 Å². The molecule has 1 aromatic carbocycles. The van der Waals surface area contributed by atoms with E-state index in [2.05, 4.69) is 12.2 Å².